The van der Waals surface area contributed by atoms with Crippen LogP contribution in [0.3, 0.4) is 0 Å². The average Bonchev–Trinajstić information content (AvgIpc) is 2.62. The largest absolute Gasteiger partial charge is 0.488 e. The van der Waals surface area contributed by atoms with Crippen LogP contribution in [0.2, 0.25) is 0 Å². The fourth-order valence-electron chi connectivity index (χ4n) is 3.42. The molecular formula is C22H24O3S. The zero-order valence-electron chi connectivity index (χ0n) is 15.5. The highest BCUT2D eigenvalue weighted by Crippen LogP contribution is 2.36. The van der Waals surface area contributed by atoms with Crippen molar-refractivity contribution in [2.24, 2.45) is 0 Å². The van der Waals surface area contributed by atoms with Gasteiger partial charge in [0.2, 0.25) is 0 Å². The van der Waals surface area contributed by atoms with Crippen molar-refractivity contribution in [3.63, 3.8) is 0 Å². The number of fused-ring (bicyclic) bond motifs is 1. The lowest BCUT2D eigenvalue weighted by Gasteiger charge is -2.25. The van der Waals surface area contributed by atoms with Crippen LogP contribution in [0.25, 0.3) is 6.08 Å². The molecule has 1 unspecified atom stereocenters. The molecule has 4 heteroatoms. The molecule has 0 bridgehead atoms. The summed E-state index contributed by atoms with van der Waals surface area (Å²) in [5.74, 6) is 1.03. The van der Waals surface area contributed by atoms with E-state index in [1.165, 1.54) is 5.56 Å². The third-order valence-corrected chi connectivity index (χ3v) is 6.54. The maximum absolute atomic E-state index is 12.0. The van der Waals surface area contributed by atoms with Gasteiger partial charge in [-0.05, 0) is 54.8 Å². The standard InChI is InChI=1S/C22H24O3S/c1-5-21(17-7-9-20(10-8-17)26(23,24)6-2)19-13-18-12-15(3)11-16(4)22(18)25-14-19/h5,7-13,21H,1,6,14H2,2-4H3. The molecular weight excluding hydrogens is 344 g/mol. The van der Waals surface area contributed by atoms with Gasteiger partial charge < -0.3 is 4.74 Å². The number of ether oxygens (including phenoxy) is 1. The van der Waals surface area contributed by atoms with Gasteiger partial charge in [0.05, 0.1) is 10.6 Å². The van der Waals surface area contributed by atoms with E-state index in [-0.39, 0.29) is 11.7 Å². The Kier molecular flexibility index (Phi) is 5.05. The van der Waals surface area contributed by atoms with Crippen molar-refractivity contribution in [3.8, 4) is 5.75 Å². The van der Waals surface area contributed by atoms with Crippen LogP contribution >= 0.6 is 0 Å². The number of aryl methyl sites for hydroxylation is 2. The van der Waals surface area contributed by atoms with Gasteiger partial charge in [0.25, 0.3) is 0 Å². The second-order valence-corrected chi connectivity index (χ2v) is 8.97. The second-order valence-electron chi connectivity index (χ2n) is 6.69. The van der Waals surface area contributed by atoms with E-state index >= 15 is 0 Å². The first-order valence-electron chi connectivity index (χ1n) is 8.75. The van der Waals surface area contributed by atoms with E-state index in [0.717, 1.165) is 28.0 Å². The first-order valence-corrected chi connectivity index (χ1v) is 10.4. The highest BCUT2D eigenvalue weighted by Gasteiger charge is 2.21. The molecule has 3 rings (SSSR count). The van der Waals surface area contributed by atoms with Gasteiger partial charge in [0.15, 0.2) is 9.84 Å². The summed E-state index contributed by atoms with van der Waals surface area (Å²) in [7, 11) is -3.19. The minimum atomic E-state index is -3.19. The molecule has 1 heterocycles. The Bertz CT molecular complexity index is 967. The maximum Gasteiger partial charge on any atom is 0.178 e. The predicted molar refractivity (Wildman–Crippen MR) is 106 cm³/mol. The van der Waals surface area contributed by atoms with Gasteiger partial charge in [-0.2, -0.15) is 0 Å². The van der Waals surface area contributed by atoms with Crippen molar-refractivity contribution in [2.45, 2.75) is 31.6 Å². The SMILES string of the molecule is C=CC(C1=Cc2cc(C)cc(C)c2OC1)c1ccc(S(=O)(=O)CC)cc1. The van der Waals surface area contributed by atoms with Crippen LogP contribution in [0.1, 0.15) is 35.1 Å². The van der Waals surface area contributed by atoms with E-state index in [0.29, 0.717) is 11.5 Å². The van der Waals surface area contributed by atoms with E-state index in [4.69, 9.17) is 4.74 Å². The molecule has 0 radical (unpaired) electrons. The normalized spacial score (nSPS) is 14.8. The van der Waals surface area contributed by atoms with E-state index in [1.807, 2.05) is 18.2 Å². The molecule has 0 N–H and O–H groups in total. The number of allylic oxidation sites excluding steroid dienone is 1. The van der Waals surface area contributed by atoms with Gasteiger partial charge in [-0.15, -0.1) is 6.58 Å². The Morgan fingerprint density at radius 1 is 1.19 bits per heavy atom. The summed E-state index contributed by atoms with van der Waals surface area (Å²) in [5.41, 5.74) is 5.55. The maximum atomic E-state index is 12.0. The smallest absolute Gasteiger partial charge is 0.178 e. The molecule has 0 amide bonds. The molecule has 0 aliphatic carbocycles. The first kappa shape index (κ1) is 18.5. The number of hydrogen-bond donors (Lipinski definition) is 0. The topological polar surface area (TPSA) is 43.4 Å². The monoisotopic (exact) mass is 368 g/mol. The number of sulfone groups is 1. The fraction of sp³-hybridized carbons (Fsp3) is 0.273. The van der Waals surface area contributed by atoms with Gasteiger partial charge in [-0.1, -0.05) is 36.8 Å². The van der Waals surface area contributed by atoms with Crippen LogP contribution in [0.5, 0.6) is 5.75 Å². The van der Waals surface area contributed by atoms with Gasteiger partial charge in [0.1, 0.15) is 12.4 Å². The van der Waals surface area contributed by atoms with Crippen LogP contribution < -0.4 is 4.74 Å². The minimum absolute atomic E-state index is 0.0117. The molecule has 3 nitrogen and oxygen atoms in total. The highest BCUT2D eigenvalue weighted by atomic mass is 32.2. The molecule has 0 saturated carbocycles. The molecule has 2 aromatic carbocycles. The molecule has 0 spiro atoms. The lowest BCUT2D eigenvalue weighted by Crippen LogP contribution is -2.14. The Hall–Kier alpha value is -2.33. The van der Waals surface area contributed by atoms with Crippen molar-refractivity contribution < 1.29 is 13.2 Å². The molecule has 1 aliphatic rings. The summed E-state index contributed by atoms with van der Waals surface area (Å²) < 4.78 is 30.0. The molecule has 0 aromatic heterocycles. The van der Waals surface area contributed by atoms with E-state index in [9.17, 15) is 8.42 Å². The lowest BCUT2D eigenvalue weighted by atomic mass is 9.88. The highest BCUT2D eigenvalue weighted by molar-refractivity contribution is 7.91. The minimum Gasteiger partial charge on any atom is -0.488 e. The Morgan fingerprint density at radius 3 is 2.50 bits per heavy atom. The van der Waals surface area contributed by atoms with Crippen LogP contribution in [0, 0.1) is 13.8 Å². The van der Waals surface area contributed by atoms with Crippen molar-refractivity contribution in [2.75, 3.05) is 12.4 Å². The zero-order chi connectivity index (χ0) is 18.9. The van der Waals surface area contributed by atoms with Crippen molar-refractivity contribution >= 4 is 15.9 Å². The summed E-state index contributed by atoms with van der Waals surface area (Å²) >= 11 is 0. The number of hydrogen-bond acceptors (Lipinski definition) is 3. The van der Waals surface area contributed by atoms with Crippen molar-refractivity contribution in [3.05, 3.63) is 76.9 Å². The van der Waals surface area contributed by atoms with Crippen molar-refractivity contribution in [1.29, 1.82) is 0 Å². The number of rotatable bonds is 5. The fourth-order valence-corrected chi connectivity index (χ4v) is 4.30. The Labute approximate surface area is 155 Å². The lowest BCUT2D eigenvalue weighted by molar-refractivity contribution is 0.339. The van der Waals surface area contributed by atoms with E-state index in [1.54, 1.807) is 19.1 Å². The Morgan fingerprint density at radius 2 is 1.88 bits per heavy atom. The van der Waals surface area contributed by atoms with Crippen LogP contribution in [0.15, 0.2) is 59.5 Å². The third-order valence-electron chi connectivity index (χ3n) is 4.79. The van der Waals surface area contributed by atoms with Crippen molar-refractivity contribution in [1.82, 2.24) is 0 Å². The molecule has 136 valence electrons. The summed E-state index contributed by atoms with van der Waals surface area (Å²) in [6, 6.07) is 11.3. The van der Waals surface area contributed by atoms with Gasteiger partial charge >= 0.3 is 0 Å². The quantitative estimate of drug-likeness (QED) is 0.709. The molecule has 0 fully saturated rings. The van der Waals surface area contributed by atoms with Gasteiger partial charge in [-0.3, -0.25) is 0 Å². The number of benzene rings is 2. The molecule has 2 aromatic rings. The predicted octanol–water partition coefficient (Wildman–Crippen LogP) is 4.84. The van der Waals surface area contributed by atoms with E-state index in [2.05, 4.69) is 38.6 Å². The van der Waals surface area contributed by atoms with Crippen LogP contribution in [0.4, 0.5) is 0 Å². The molecule has 1 atom stereocenters. The summed E-state index contributed by atoms with van der Waals surface area (Å²) in [5, 5.41) is 0. The molecule has 26 heavy (non-hydrogen) atoms. The van der Waals surface area contributed by atoms with E-state index < -0.39 is 9.84 Å². The van der Waals surface area contributed by atoms with Gasteiger partial charge in [-0.25, -0.2) is 8.42 Å². The summed E-state index contributed by atoms with van der Waals surface area (Å²) in [6.45, 7) is 10.3. The molecule has 1 aliphatic heterocycles. The van der Waals surface area contributed by atoms with Crippen LogP contribution in [-0.4, -0.2) is 20.8 Å². The molecule has 0 saturated heterocycles. The summed E-state index contributed by atoms with van der Waals surface area (Å²) in [4.78, 5) is 0.358. The second kappa shape index (κ2) is 7.12. The van der Waals surface area contributed by atoms with Crippen LogP contribution in [-0.2, 0) is 9.84 Å². The summed E-state index contributed by atoms with van der Waals surface area (Å²) in [6.07, 6.45) is 4.05. The van der Waals surface area contributed by atoms with Gasteiger partial charge in [0, 0.05) is 11.5 Å². The first-order chi connectivity index (χ1) is 12.4. The average molecular weight is 368 g/mol. The third kappa shape index (κ3) is 3.47. The zero-order valence-corrected chi connectivity index (χ0v) is 16.3. The Balaban J connectivity index is 1.97.